The molecular weight excluding hydrogens is 272 g/mol. The molecule has 0 saturated heterocycles. The first-order valence-electron chi connectivity index (χ1n) is 6.85. The first-order chi connectivity index (χ1) is 10.1. The van der Waals surface area contributed by atoms with E-state index in [2.05, 4.69) is 10.1 Å². The Balaban J connectivity index is 1.96. The summed E-state index contributed by atoms with van der Waals surface area (Å²) in [4.78, 5) is 15.6. The Bertz CT molecular complexity index is 669. The highest BCUT2D eigenvalue weighted by Crippen LogP contribution is 2.32. The monoisotopic (exact) mass is 288 g/mol. The van der Waals surface area contributed by atoms with Crippen LogP contribution in [0, 0.1) is 19.8 Å². The van der Waals surface area contributed by atoms with Gasteiger partial charge in [-0.2, -0.15) is 0 Å². The second-order valence-electron chi connectivity index (χ2n) is 5.34. The Morgan fingerprint density at radius 1 is 1.48 bits per heavy atom. The second-order valence-corrected chi connectivity index (χ2v) is 5.34. The number of pyridine rings is 1. The number of aryl methyl sites for hydroxylation is 2. The Labute approximate surface area is 121 Å². The van der Waals surface area contributed by atoms with E-state index in [1.54, 1.807) is 19.2 Å². The lowest BCUT2D eigenvalue weighted by Crippen LogP contribution is -2.07. The Kier molecular flexibility index (Phi) is 3.37. The van der Waals surface area contributed by atoms with Crippen LogP contribution in [0.5, 0.6) is 5.88 Å². The fraction of sp³-hybridized carbons (Fsp3) is 0.400. The number of aromatic carboxylic acids is 1. The molecule has 0 atom stereocenters. The molecule has 1 aliphatic rings. The van der Waals surface area contributed by atoms with Gasteiger partial charge in [0, 0.05) is 17.3 Å². The molecular formula is C15H16N2O4. The lowest BCUT2D eigenvalue weighted by atomic mass is 10.0. The van der Waals surface area contributed by atoms with E-state index < -0.39 is 5.97 Å². The van der Waals surface area contributed by atoms with Gasteiger partial charge in [-0.1, -0.05) is 5.16 Å². The third-order valence-electron chi connectivity index (χ3n) is 3.56. The van der Waals surface area contributed by atoms with Gasteiger partial charge in [0.1, 0.15) is 11.3 Å². The Morgan fingerprint density at radius 3 is 2.81 bits per heavy atom. The molecule has 2 heterocycles. The highest BCUT2D eigenvalue weighted by molar-refractivity contribution is 5.92. The smallest absolute Gasteiger partial charge is 0.341 e. The Morgan fingerprint density at radius 2 is 2.24 bits per heavy atom. The molecule has 2 aromatic heterocycles. The molecule has 1 aliphatic carbocycles. The second kappa shape index (κ2) is 5.20. The molecule has 0 bridgehead atoms. The summed E-state index contributed by atoms with van der Waals surface area (Å²) in [5.74, 6) is 0.291. The number of nitrogens with zero attached hydrogens (tertiary/aromatic N) is 2. The maximum absolute atomic E-state index is 11.4. The van der Waals surface area contributed by atoms with Crippen LogP contribution in [0.4, 0.5) is 0 Å². The van der Waals surface area contributed by atoms with Crippen LogP contribution in [0.15, 0.2) is 16.8 Å². The number of hydrogen-bond acceptors (Lipinski definition) is 5. The van der Waals surface area contributed by atoms with Crippen molar-refractivity contribution in [3.05, 3.63) is 29.3 Å². The summed E-state index contributed by atoms with van der Waals surface area (Å²) in [5.41, 5.74) is 2.21. The summed E-state index contributed by atoms with van der Waals surface area (Å²) in [6.45, 7) is 4.12. The van der Waals surface area contributed by atoms with Crippen LogP contribution in [-0.2, 0) is 0 Å². The summed E-state index contributed by atoms with van der Waals surface area (Å²) in [7, 11) is 0. The normalized spacial score (nSPS) is 14.2. The van der Waals surface area contributed by atoms with Gasteiger partial charge in [-0.15, -0.1) is 0 Å². The first-order valence-corrected chi connectivity index (χ1v) is 6.85. The quantitative estimate of drug-likeness (QED) is 0.910. The number of ether oxygens (including phenoxy) is 1. The fourth-order valence-corrected chi connectivity index (χ4v) is 2.23. The number of hydrogen-bond donors (Lipinski definition) is 1. The molecule has 0 amide bonds. The number of carbonyl (C=O) groups is 1. The number of rotatable bonds is 5. The van der Waals surface area contributed by atoms with Gasteiger partial charge in [0.15, 0.2) is 0 Å². The molecule has 6 heteroatoms. The molecule has 3 rings (SSSR count). The zero-order valence-electron chi connectivity index (χ0n) is 11.9. The van der Waals surface area contributed by atoms with Gasteiger partial charge < -0.3 is 14.4 Å². The molecule has 6 nitrogen and oxygen atoms in total. The predicted molar refractivity (Wildman–Crippen MR) is 74.4 cm³/mol. The van der Waals surface area contributed by atoms with Gasteiger partial charge in [-0.25, -0.2) is 9.78 Å². The Hall–Kier alpha value is -2.37. The summed E-state index contributed by atoms with van der Waals surface area (Å²) in [6, 6.07) is 1.56. The number of carboxylic acid groups (broad SMARTS) is 1. The van der Waals surface area contributed by atoms with E-state index in [1.165, 1.54) is 0 Å². The van der Waals surface area contributed by atoms with Crippen LogP contribution in [0.3, 0.4) is 0 Å². The van der Waals surface area contributed by atoms with E-state index in [0.29, 0.717) is 29.5 Å². The number of aromatic nitrogens is 2. The van der Waals surface area contributed by atoms with Crippen molar-refractivity contribution in [1.29, 1.82) is 0 Å². The molecule has 2 aromatic rings. The third-order valence-corrected chi connectivity index (χ3v) is 3.56. The van der Waals surface area contributed by atoms with E-state index >= 15 is 0 Å². The van der Waals surface area contributed by atoms with E-state index in [9.17, 15) is 9.90 Å². The SMILES string of the molecule is Cc1noc(C)c1-c1cnc(OCC2CC2)c(C(=O)O)c1. The maximum Gasteiger partial charge on any atom is 0.341 e. The van der Waals surface area contributed by atoms with Gasteiger partial charge in [-0.3, -0.25) is 0 Å². The fourth-order valence-electron chi connectivity index (χ4n) is 2.23. The summed E-state index contributed by atoms with van der Waals surface area (Å²) < 4.78 is 10.6. The molecule has 0 spiro atoms. The van der Waals surface area contributed by atoms with Crippen LogP contribution in [0.25, 0.3) is 11.1 Å². The molecule has 110 valence electrons. The van der Waals surface area contributed by atoms with Crippen LogP contribution in [-0.4, -0.2) is 27.8 Å². The van der Waals surface area contributed by atoms with E-state index in [0.717, 1.165) is 18.4 Å². The van der Waals surface area contributed by atoms with Gasteiger partial charge >= 0.3 is 5.97 Å². The summed E-state index contributed by atoms with van der Waals surface area (Å²) in [5, 5.41) is 13.2. The van der Waals surface area contributed by atoms with E-state index in [1.807, 2.05) is 6.92 Å². The van der Waals surface area contributed by atoms with Crippen molar-refractivity contribution in [2.24, 2.45) is 5.92 Å². The van der Waals surface area contributed by atoms with Crippen LogP contribution >= 0.6 is 0 Å². The van der Waals surface area contributed by atoms with Crippen molar-refractivity contribution in [2.75, 3.05) is 6.61 Å². The zero-order valence-corrected chi connectivity index (χ0v) is 11.9. The largest absolute Gasteiger partial charge is 0.477 e. The minimum absolute atomic E-state index is 0.0631. The summed E-state index contributed by atoms with van der Waals surface area (Å²) in [6.07, 6.45) is 3.88. The zero-order chi connectivity index (χ0) is 15.0. The molecule has 1 N–H and O–H groups in total. The summed E-state index contributed by atoms with van der Waals surface area (Å²) >= 11 is 0. The van der Waals surface area contributed by atoms with Crippen molar-refractivity contribution in [3.8, 4) is 17.0 Å². The predicted octanol–water partition coefficient (Wildman–Crippen LogP) is 2.84. The average Bonchev–Trinajstić information content (AvgIpc) is 3.22. The van der Waals surface area contributed by atoms with Gasteiger partial charge in [0.2, 0.25) is 5.88 Å². The molecule has 0 radical (unpaired) electrons. The van der Waals surface area contributed by atoms with Crippen molar-refractivity contribution in [3.63, 3.8) is 0 Å². The van der Waals surface area contributed by atoms with Crippen LogP contribution < -0.4 is 4.74 Å². The minimum atomic E-state index is -1.05. The van der Waals surface area contributed by atoms with Gasteiger partial charge in [0.05, 0.1) is 12.3 Å². The molecule has 0 aromatic carbocycles. The highest BCUT2D eigenvalue weighted by atomic mass is 16.5. The lowest BCUT2D eigenvalue weighted by Gasteiger charge is -2.09. The van der Waals surface area contributed by atoms with Gasteiger partial charge in [-0.05, 0) is 38.7 Å². The van der Waals surface area contributed by atoms with Crippen LogP contribution in [0.2, 0.25) is 0 Å². The maximum atomic E-state index is 11.4. The van der Waals surface area contributed by atoms with Crippen LogP contribution in [0.1, 0.15) is 34.7 Å². The molecule has 21 heavy (non-hydrogen) atoms. The molecule has 0 aliphatic heterocycles. The average molecular weight is 288 g/mol. The number of carboxylic acids is 1. The van der Waals surface area contributed by atoms with E-state index in [4.69, 9.17) is 9.26 Å². The van der Waals surface area contributed by atoms with Crippen molar-refractivity contribution < 1.29 is 19.2 Å². The molecule has 0 unspecified atom stereocenters. The van der Waals surface area contributed by atoms with Gasteiger partial charge in [0.25, 0.3) is 0 Å². The van der Waals surface area contributed by atoms with E-state index in [-0.39, 0.29) is 11.4 Å². The van der Waals surface area contributed by atoms with Crippen molar-refractivity contribution >= 4 is 5.97 Å². The van der Waals surface area contributed by atoms with Crippen molar-refractivity contribution in [1.82, 2.24) is 10.1 Å². The molecule has 1 fully saturated rings. The minimum Gasteiger partial charge on any atom is -0.477 e. The lowest BCUT2D eigenvalue weighted by molar-refractivity contribution is 0.0691. The molecule has 1 saturated carbocycles. The standard InChI is InChI=1S/C15H16N2O4/c1-8-13(9(2)21-17-8)11-5-12(15(18)19)14(16-6-11)20-7-10-3-4-10/h5-6,10H,3-4,7H2,1-2H3,(H,18,19). The topological polar surface area (TPSA) is 85.5 Å². The first kappa shape index (κ1) is 13.6. The van der Waals surface area contributed by atoms with Crippen molar-refractivity contribution in [2.45, 2.75) is 26.7 Å². The third kappa shape index (κ3) is 2.74. The highest BCUT2D eigenvalue weighted by Gasteiger charge is 2.24.